The summed E-state index contributed by atoms with van der Waals surface area (Å²) in [4.78, 5) is 10.9. The van der Waals surface area contributed by atoms with Crippen LogP contribution in [0, 0.1) is 0 Å². The molecule has 0 fully saturated rings. The molecule has 0 aromatic carbocycles. The van der Waals surface area contributed by atoms with Gasteiger partial charge < -0.3 is 14.8 Å². The molecule has 2 aromatic heterocycles. The highest BCUT2D eigenvalue weighted by Crippen LogP contribution is 2.43. The molecular formula is C12H10F3N3O3. The summed E-state index contributed by atoms with van der Waals surface area (Å²) in [6.07, 6.45) is -3.50. The number of carboxylic acids is 1. The molecule has 21 heavy (non-hydrogen) atoms. The normalized spacial score (nSPS) is 21.7. The van der Waals surface area contributed by atoms with E-state index in [1.165, 1.54) is 6.26 Å². The van der Waals surface area contributed by atoms with Gasteiger partial charge in [0.25, 0.3) is 0 Å². The van der Waals surface area contributed by atoms with Crippen LogP contribution in [-0.2, 0) is 0 Å². The third kappa shape index (κ3) is 2.34. The first kappa shape index (κ1) is 13.5. The number of halogens is 3. The van der Waals surface area contributed by atoms with Gasteiger partial charge in [0.2, 0.25) is 0 Å². The van der Waals surface area contributed by atoms with Gasteiger partial charge in [0.1, 0.15) is 11.6 Å². The molecule has 1 aliphatic rings. The quantitative estimate of drug-likeness (QED) is 0.891. The molecule has 0 amide bonds. The van der Waals surface area contributed by atoms with E-state index in [0.29, 0.717) is 10.4 Å². The number of furan rings is 1. The highest BCUT2D eigenvalue weighted by molar-refractivity contribution is 5.86. The summed E-state index contributed by atoms with van der Waals surface area (Å²) in [5.74, 6) is -1.02. The Morgan fingerprint density at radius 3 is 2.86 bits per heavy atom. The van der Waals surface area contributed by atoms with Gasteiger partial charge in [-0.3, -0.25) is 0 Å². The molecular weight excluding hydrogens is 291 g/mol. The molecule has 3 heterocycles. The van der Waals surface area contributed by atoms with Crippen LogP contribution >= 0.6 is 0 Å². The molecule has 0 radical (unpaired) electrons. The minimum absolute atomic E-state index is 0.00220. The minimum Gasteiger partial charge on any atom is -0.476 e. The number of rotatable bonds is 2. The Morgan fingerprint density at radius 2 is 2.29 bits per heavy atom. The van der Waals surface area contributed by atoms with Crippen LogP contribution in [-0.4, -0.2) is 27.0 Å². The maximum atomic E-state index is 13.2. The fourth-order valence-corrected chi connectivity index (χ4v) is 2.35. The lowest BCUT2D eigenvalue weighted by Crippen LogP contribution is -2.35. The number of anilines is 1. The van der Waals surface area contributed by atoms with E-state index in [0.717, 1.165) is 6.07 Å². The van der Waals surface area contributed by atoms with Crippen molar-refractivity contribution in [1.82, 2.24) is 9.78 Å². The van der Waals surface area contributed by atoms with Crippen molar-refractivity contribution in [2.75, 3.05) is 5.32 Å². The van der Waals surface area contributed by atoms with Crippen molar-refractivity contribution >= 4 is 11.8 Å². The van der Waals surface area contributed by atoms with Crippen LogP contribution in [0.25, 0.3) is 0 Å². The fraction of sp³-hybridized carbons (Fsp3) is 0.333. The second kappa shape index (κ2) is 4.54. The van der Waals surface area contributed by atoms with Gasteiger partial charge in [-0.2, -0.15) is 18.3 Å². The number of aromatic carboxylic acids is 1. The van der Waals surface area contributed by atoms with Gasteiger partial charge in [0, 0.05) is 12.5 Å². The molecule has 0 spiro atoms. The van der Waals surface area contributed by atoms with Crippen molar-refractivity contribution in [3.8, 4) is 0 Å². The summed E-state index contributed by atoms with van der Waals surface area (Å²) in [6.45, 7) is 0. The van der Waals surface area contributed by atoms with Crippen molar-refractivity contribution < 1.29 is 27.5 Å². The van der Waals surface area contributed by atoms with Crippen molar-refractivity contribution in [1.29, 1.82) is 0 Å². The number of hydrogen-bond acceptors (Lipinski definition) is 4. The molecule has 6 nitrogen and oxygen atoms in total. The molecule has 2 aromatic rings. The maximum Gasteiger partial charge on any atom is 0.410 e. The fourth-order valence-electron chi connectivity index (χ4n) is 2.35. The molecule has 2 N–H and O–H groups in total. The monoisotopic (exact) mass is 301 g/mol. The molecule has 0 aliphatic carbocycles. The lowest BCUT2D eigenvalue weighted by atomic mass is 10.0. The average Bonchev–Trinajstić information content (AvgIpc) is 3.05. The summed E-state index contributed by atoms with van der Waals surface area (Å²) in [5, 5.41) is 15.2. The highest BCUT2D eigenvalue weighted by Gasteiger charge is 2.47. The molecule has 0 saturated carbocycles. The minimum atomic E-state index is -4.54. The van der Waals surface area contributed by atoms with Crippen LogP contribution in [0.15, 0.2) is 28.9 Å². The van der Waals surface area contributed by atoms with Crippen LogP contribution in [0.4, 0.5) is 19.0 Å². The van der Waals surface area contributed by atoms with E-state index in [1.54, 1.807) is 12.1 Å². The zero-order chi connectivity index (χ0) is 15.2. The summed E-state index contributed by atoms with van der Waals surface area (Å²) in [7, 11) is 0. The lowest BCUT2D eigenvalue weighted by molar-refractivity contribution is -0.174. The van der Waals surface area contributed by atoms with Crippen LogP contribution in [0.1, 0.15) is 34.8 Å². The number of carboxylic acid groups (broad SMARTS) is 1. The highest BCUT2D eigenvalue weighted by atomic mass is 19.4. The smallest absolute Gasteiger partial charge is 0.410 e. The number of aromatic nitrogens is 2. The van der Waals surface area contributed by atoms with Gasteiger partial charge in [-0.15, -0.1) is 0 Å². The number of carbonyl (C=O) groups is 1. The molecule has 3 rings (SSSR count). The summed E-state index contributed by atoms with van der Waals surface area (Å²) < 4.78 is 45.3. The largest absolute Gasteiger partial charge is 0.476 e. The molecule has 1 aliphatic heterocycles. The van der Waals surface area contributed by atoms with Gasteiger partial charge in [-0.25, -0.2) is 9.48 Å². The number of hydrogen-bond donors (Lipinski definition) is 2. The van der Waals surface area contributed by atoms with Crippen molar-refractivity contribution in [3.63, 3.8) is 0 Å². The SMILES string of the molecule is O=C(O)c1cc2n(n1)C(C(F)(F)F)CC(c1ccco1)N2. The summed E-state index contributed by atoms with van der Waals surface area (Å²) >= 11 is 0. The van der Waals surface area contributed by atoms with Crippen LogP contribution < -0.4 is 5.32 Å². The Kier molecular flexibility index (Phi) is 2.92. The number of nitrogens with one attached hydrogen (secondary N) is 1. The van der Waals surface area contributed by atoms with Crippen LogP contribution in [0.2, 0.25) is 0 Å². The van der Waals surface area contributed by atoms with Crippen molar-refractivity contribution in [2.45, 2.75) is 24.7 Å². The van der Waals surface area contributed by atoms with E-state index in [4.69, 9.17) is 9.52 Å². The van der Waals surface area contributed by atoms with Crippen LogP contribution in [0.3, 0.4) is 0 Å². The predicted octanol–water partition coefficient (Wildman–Crippen LogP) is 2.83. The van der Waals surface area contributed by atoms with E-state index in [9.17, 15) is 18.0 Å². The first-order valence-electron chi connectivity index (χ1n) is 6.06. The molecule has 9 heteroatoms. The second-order valence-corrected chi connectivity index (χ2v) is 4.67. The van der Waals surface area contributed by atoms with E-state index < -0.39 is 29.9 Å². The van der Waals surface area contributed by atoms with Gasteiger partial charge >= 0.3 is 12.1 Å². The van der Waals surface area contributed by atoms with Crippen molar-refractivity contribution in [3.05, 3.63) is 35.9 Å². The first-order valence-corrected chi connectivity index (χ1v) is 6.06. The molecule has 2 atom stereocenters. The van der Waals surface area contributed by atoms with E-state index in [-0.39, 0.29) is 12.2 Å². The summed E-state index contributed by atoms with van der Waals surface area (Å²) in [6, 6.07) is 1.62. The third-order valence-electron chi connectivity index (χ3n) is 3.30. The van der Waals surface area contributed by atoms with E-state index in [2.05, 4.69) is 10.4 Å². The Balaban J connectivity index is 2.03. The maximum absolute atomic E-state index is 13.2. The second-order valence-electron chi connectivity index (χ2n) is 4.67. The molecule has 0 bridgehead atoms. The standard InChI is InChI=1S/C12H10F3N3O3/c13-12(14,15)9-4-6(8-2-1-3-21-8)16-10-5-7(11(19)20)17-18(9)10/h1-3,5-6,9,16H,4H2,(H,19,20). The Bertz CT molecular complexity index is 663. The van der Waals surface area contributed by atoms with Gasteiger partial charge in [0.15, 0.2) is 11.7 Å². The number of alkyl halides is 3. The lowest BCUT2D eigenvalue weighted by Gasteiger charge is -2.32. The van der Waals surface area contributed by atoms with E-state index >= 15 is 0 Å². The zero-order valence-electron chi connectivity index (χ0n) is 10.5. The van der Waals surface area contributed by atoms with Gasteiger partial charge in [-0.1, -0.05) is 0 Å². The molecule has 0 saturated heterocycles. The molecule has 112 valence electrons. The third-order valence-corrected chi connectivity index (χ3v) is 3.30. The Hall–Kier alpha value is -2.45. The predicted molar refractivity (Wildman–Crippen MR) is 64.0 cm³/mol. The van der Waals surface area contributed by atoms with Crippen LogP contribution in [0.5, 0.6) is 0 Å². The van der Waals surface area contributed by atoms with Crippen molar-refractivity contribution in [2.24, 2.45) is 0 Å². The van der Waals surface area contributed by atoms with E-state index in [1.807, 2.05) is 0 Å². The summed E-state index contributed by atoms with van der Waals surface area (Å²) in [5.41, 5.74) is -0.438. The average molecular weight is 301 g/mol. The first-order chi connectivity index (χ1) is 9.86. The Labute approximate surface area is 116 Å². The molecule has 2 unspecified atom stereocenters. The number of nitrogens with zero attached hydrogens (tertiary/aromatic N) is 2. The topological polar surface area (TPSA) is 80.3 Å². The van der Waals surface area contributed by atoms with Gasteiger partial charge in [0.05, 0.1) is 12.3 Å². The zero-order valence-corrected chi connectivity index (χ0v) is 10.5. The number of fused-ring (bicyclic) bond motifs is 1. The van der Waals surface area contributed by atoms with Gasteiger partial charge in [-0.05, 0) is 12.1 Å². The Morgan fingerprint density at radius 1 is 1.52 bits per heavy atom.